The van der Waals surface area contributed by atoms with E-state index in [1.54, 1.807) is 18.2 Å². The molecule has 0 radical (unpaired) electrons. The molecule has 0 fully saturated rings. The van der Waals surface area contributed by atoms with Crippen molar-refractivity contribution in [3.63, 3.8) is 0 Å². The van der Waals surface area contributed by atoms with Gasteiger partial charge >= 0.3 is 12.4 Å². The number of ketones is 1. The van der Waals surface area contributed by atoms with Gasteiger partial charge in [0, 0.05) is 88.9 Å². The summed E-state index contributed by atoms with van der Waals surface area (Å²) in [6.45, 7) is 0. The second-order valence-electron chi connectivity index (χ2n) is 15.3. The van der Waals surface area contributed by atoms with Crippen LogP contribution in [0.1, 0.15) is 48.8 Å². The smallest absolute Gasteiger partial charge is 0.399 e. The first-order chi connectivity index (χ1) is 31.6. The largest absolute Gasteiger partial charge is 0.419 e. The van der Waals surface area contributed by atoms with Crippen molar-refractivity contribution >= 4 is 80.7 Å². The highest BCUT2D eigenvalue weighted by atomic mass is 35.5. The Morgan fingerprint density at radius 3 is 1.76 bits per heavy atom. The summed E-state index contributed by atoms with van der Waals surface area (Å²) >= 11 is 5.68. The van der Waals surface area contributed by atoms with Gasteiger partial charge in [0.05, 0.1) is 40.3 Å². The van der Waals surface area contributed by atoms with Crippen LogP contribution in [0.4, 0.5) is 72.0 Å². The molecule has 67 heavy (non-hydrogen) atoms. The number of nitrogen functional groups attached to an aromatic ring is 1. The van der Waals surface area contributed by atoms with E-state index >= 15 is 0 Å². The molecule has 8 rings (SSSR count). The highest BCUT2D eigenvalue weighted by Crippen LogP contribution is 2.39. The second-order valence-corrected chi connectivity index (χ2v) is 15.6. The van der Waals surface area contributed by atoms with Crippen molar-refractivity contribution in [3.8, 4) is 0 Å². The average molecular weight is 948 g/mol. The van der Waals surface area contributed by atoms with Gasteiger partial charge in [0.1, 0.15) is 16.8 Å². The third-order valence-electron chi connectivity index (χ3n) is 9.77. The number of hydrogen-bond donors (Lipinski definition) is 5. The predicted octanol–water partition coefficient (Wildman–Crippen LogP) is 8.71. The average Bonchev–Trinajstić information content (AvgIpc) is 3.82. The number of nitrogens with two attached hydrogens (primary N) is 1. The fourth-order valence-corrected chi connectivity index (χ4v) is 6.76. The maximum Gasteiger partial charge on any atom is 0.419 e. The monoisotopic (exact) mass is 947 g/mol. The van der Waals surface area contributed by atoms with Crippen LogP contribution in [-0.2, 0) is 41.2 Å². The molecule has 0 saturated heterocycles. The van der Waals surface area contributed by atoms with E-state index in [1.807, 2.05) is 18.2 Å². The molecule has 1 aliphatic heterocycles. The highest BCUT2D eigenvalue weighted by molar-refractivity contribution is 6.29. The number of amides is 3. The third kappa shape index (κ3) is 12.3. The lowest BCUT2D eigenvalue weighted by atomic mass is 10.1. The van der Waals surface area contributed by atoms with E-state index in [-0.39, 0.29) is 56.8 Å². The Balaban J connectivity index is 0.000000187. The normalized spacial score (nSPS) is 12.6. The van der Waals surface area contributed by atoms with Crippen molar-refractivity contribution in [1.29, 1.82) is 0 Å². The third-order valence-corrected chi connectivity index (χ3v) is 9.97. The first-order valence-electron chi connectivity index (χ1n) is 19.8. The minimum Gasteiger partial charge on any atom is -0.399 e. The van der Waals surface area contributed by atoms with Crippen molar-refractivity contribution in [2.24, 2.45) is 0 Å². The molecule has 348 valence electrons. The lowest BCUT2D eigenvalue weighted by molar-refractivity contribution is -0.138. The van der Waals surface area contributed by atoms with Gasteiger partial charge in [0.25, 0.3) is 11.8 Å². The zero-order valence-corrected chi connectivity index (χ0v) is 36.7. The number of carbonyl (C=O) groups is 4. The highest BCUT2D eigenvalue weighted by Gasteiger charge is 2.36. The molecule has 0 spiro atoms. The number of nitrogens with one attached hydrogen (secondary N) is 4. The van der Waals surface area contributed by atoms with Crippen LogP contribution in [0.3, 0.4) is 0 Å². The Labute approximate surface area is 383 Å². The standard InChI is InChI=1S/C23H20F3N5O2.C14H12ClF3N4O.C8H8N2O/c1-31(2)22(33)21-18(4-3-7-27-21)30-19-11-20(28-12-17(19)23(24,25)26)29-15-6-5-13-9-16(32)10-14(13)8-15;1-22(2)13(23)12-9(4-3-5-19-12)21-10-6-11(15)20-7-8(10)14(16,17)18;9-6-1-2-7-5(3-6)4-8(11)10-7/h3-8,11-12H,9-10H2,1-2H3,(H2,28,29,30);3-7H,1-2H3,(H,20,21);1-3H,4,9H2,(H,10,11). The Hall–Kier alpha value is -7.81. The van der Waals surface area contributed by atoms with Crippen molar-refractivity contribution in [2.45, 2.75) is 31.6 Å². The fraction of sp³-hybridized carbons (Fsp3) is 0.200. The van der Waals surface area contributed by atoms with Crippen LogP contribution in [-0.4, -0.2) is 81.4 Å². The van der Waals surface area contributed by atoms with Crippen molar-refractivity contribution in [2.75, 3.05) is 55.2 Å². The van der Waals surface area contributed by atoms with Gasteiger partial charge in [-0.05, 0) is 77.4 Å². The van der Waals surface area contributed by atoms with E-state index in [9.17, 15) is 45.5 Å². The zero-order chi connectivity index (χ0) is 48.8. The van der Waals surface area contributed by atoms with Crippen LogP contribution in [0.15, 0.2) is 97.6 Å². The maximum absolute atomic E-state index is 13.7. The van der Waals surface area contributed by atoms with Gasteiger partial charge < -0.3 is 36.8 Å². The molecule has 6 N–H and O–H groups in total. The number of rotatable bonds is 8. The van der Waals surface area contributed by atoms with Gasteiger partial charge in [-0.15, -0.1) is 0 Å². The van der Waals surface area contributed by atoms with Gasteiger partial charge in [-0.2, -0.15) is 26.3 Å². The molecule has 15 nitrogen and oxygen atoms in total. The number of Topliss-reactive ketones (excluding diaryl/α,β-unsaturated/α-hetero) is 1. The molecule has 1 aliphatic carbocycles. The van der Waals surface area contributed by atoms with Crippen LogP contribution in [0.25, 0.3) is 0 Å². The molecule has 2 aliphatic rings. The number of carbonyl (C=O) groups excluding carboxylic acids is 4. The van der Waals surface area contributed by atoms with E-state index in [0.717, 1.165) is 34.6 Å². The Kier molecular flexibility index (Phi) is 14.6. The summed E-state index contributed by atoms with van der Waals surface area (Å²) in [5.41, 5.74) is 8.27. The first kappa shape index (κ1) is 48.6. The second kappa shape index (κ2) is 20.1. The Morgan fingerprint density at radius 2 is 1.19 bits per heavy atom. The summed E-state index contributed by atoms with van der Waals surface area (Å²) in [4.78, 5) is 64.9. The van der Waals surface area contributed by atoms with E-state index in [1.165, 1.54) is 80.7 Å². The number of alkyl halides is 6. The van der Waals surface area contributed by atoms with Crippen LogP contribution in [0.2, 0.25) is 5.15 Å². The summed E-state index contributed by atoms with van der Waals surface area (Å²) in [7, 11) is 6.09. The lowest BCUT2D eigenvalue weighted by Gasteiger charge is -2.18. The first-order valence-corrected chi connectivity index (χ1v) is 20.2. The molecule has 0 unspecified atom stereocenters. The predicted molar refractivity (Wildman–Crippen MR) is 240 cm³/mol. The molecule has 2 aromatic carbocycles. The van der Waals surface area contributed by atoms with Gasteiger partial charge in [0.2, 0.25) is 5.91 Å². The zero-order valence-electron chi connectivity index (χ0n) is 35.9. The Bertz CT molecular complexity index is 2860. The van der Waals surface area contributed by atoms with Crippen molar-refractivity contribution in [1.82, 2.24) is 29.7 Å². The number of pyridine rings is 4. The van der Waals surface area contributed by atoms with E-state index in [0.29, 0.717) is 36.8 Å². The quantitative estimate of drug-likeness (QED) is 0.0553. The molecule has 4 aromatic heterocycles. The summed E-state index contributed by atoms with van der Waals surface area (Å²) < 4.78 is 80.2. The summed E-state index contributed by atoms with van der Waals surface area (Å²) in [6.07, 6.45) is -3.97. The van der Waals surface area contributed by atoms with Gasteiger partial charge in [-0.25, -0.2) is 19.9 Å². The van der Waals surface area contributed by atoms with Crippen LogP contribution < -0.4 is 27.0 Å². The summed E-state index contributed by atoms with van der Waals surface area (Å²) in [5.74, 6) is -0.556. The SMILES string of the molecule is CN(C)C(=O)c1ncccc1Nc1cc(Cl)ncc1C(F)(F)F.CN(C)C(=O)c1ncccc1Nc1cc(Nc2ccc3c(c2)CC(=O)C3)ncc1C(F)(F)F.Nc1ccc2c(c1)CC(=O)N2. The summed E-state index contributed by atoms with van der Waals surface area (Å²) in [6, 6.07) is 19.0. The van der Waals surface area contributed by atoms with Gasteiger partial charge in [-0.3, -0.25) is 19.2 Å². The molecule has 0 bridgehead atoms. The van der Waals surface area contributed by atoms with E-state index in [4.69, 9.17) is 17.3 Å². The number of benzene rings is 2. The number of hydrogen-bond acceptors (Lipinski definition) is 12. The molecule has 3 amide bonds. The van der Waals surface area contributed by atoms with Crippen molar-refractivity contribution in [3.05, 3.63) is 142 Å². The fourth-order valence-electron chi connectivity index (χ4n) is 6.60. The molecule has 0 atom stereocenters. The van der Waals surface area contributed by atoms with Crippen LogP contribution in [0.5, 0.6) is 0 Å². The molecule has 0 saturated carbocycles. The molecule has 5 heterocycles. The number of aromatic nitrogens is 4. The maximum atomic E-state index is 13.7. The number of anilines is 8. The molecule has 22 heteroatoms. The van der Waals surface area contributed by atoms with Gasteiger partial charge in [-0.1, -0.05) is 17.7 Å². The lowest BCUT2D eigenvalue weighted by Crippen LogP contribution is -2.24. The minimum absolute atomic E-state index is 0.00133. The molecular weight excluding hydrogens is 908 g/mol. The van der Waals surface area contributed by atoms with Gasteiger partial charge in [0.15, 0.2) is 11.4 Å². The topological polar surface area (TPSA) is 200 Å². The van der Waals surface area contributed by atoms with E-state index in [2.05, 4.69) is 41.2 Å². The number of nitrogens with zero attached hydrogens (tertiary/aromatic N) is 6. The minimum atomic E-state index is -4.67. The number of halogens is 7. The van der Waals surface area contributed by atoms with E-state index < -0.39 is 35.3 Å². The Morgan fingerprint density at radius 1 is 0.642 bits per heavy atom. The molecule has 6 aromatic rings. The van der Waals surface area contributed by atoms with Crippen LogP contribution >= 0.6 is 11.6 Å². The number of fused-ring (bicyclic) bond motifs is 2. The van der Waals surface area contributed by atoms with Crippen LogP contribution in [0, 0.1) is 0 Å². The molecular formula is C45H40ClF6N11O4. The van der Waals surface area contributed by atoms with Crippen molar-refractivity contribution < 1.29 is 45.5 Å². The summed E-state index contributed by atoms with van der Waals surface area (Å²) in [5, 5.41) is 10.9.